The first-order chi connectivity index (χ1) is 12.2. The maximum Gasteiger partial charge on any atom is 0.416 e. The molecule has 0 radical (unpaired) electrons. The molecule has 0 unspecified atom stereocenters. The van der Waals surface area contributed by atoms with E-state index < -0.39 is 23.6 Å². The number of alkyl halides is 3. The Hall–Kier alpha value is -2.48. The summed E-state index contributed by atoms with van der Waals surface area (Å²) in [6, 6.07) is 12.1. The molecule has 0 aliphatic heterocycles. The molecular formula is C18H17F3N2O2S. The molecule has 0 heterocycles. The molecule has 8 heteroatoms. The Balaban J connectivity index is 1.77. The van der Waals surface area contributed by atoms with E-state index in [1.807, 2.05) is 31.2 Å². The zero-order valence-corrected chi connectivity index (χ0v) is 14.7. The van der Waals surface area contributed by atoms with Crippen molar-refractivity contribution in [1.29, 1.82) is 0 Å². The summed E-state index contributed by atoms with van der Waals surface area (Å²) in [7, 11) is 0. The second-order valence-electron chi connectivity index (χ2n) is 5.57. The predicted molar refractivity (Wildman–Crippen MR) is 93.3 cm³/mol. The predicted octanol–water partition coefficient (Wildman–Crippen LogP) is 3.50. The van der Waals surface area contributed by atoms with E-state index in [4.69, 9.17) is 0 Å². The van der Waals surface area contributed by atoms with Gasteiger partial charge < -0.3 is 0 Å². The summed E-state index contributed by atoms with van der Waals surface area (Å²) in [6.07, 6.45) is -4.73. The van der Waals surface area contributed by atoms with Crippen molar-refractivity contribution in [1.82, 2.24) is 10.9 Å². The lowest BCUT2D eigenvalue weighted by Crippen LogP contribution is -2.43. The second kappa shape index (κ2) is 8.75. The minimum absolute atomic E-state index is 0.104. The van der Waals surface area contributed by atoms with Gasteiger partial charge in [-0.15, -0.1) is 11.8 Å². The third kappa shape index (κ3) is 6.44. The van der Waals surface area contributed by atoms with Crippen LogP contribution in [0.2, 0.25) is 0 Å². The molecule has 26 heavy (non-hydrogen) atoms. The number of amides is 2. The van der Waals surface area contributed by atoms with Crippen LogP contribution in [0.15, 0.2) is 53.4 Å². The summed E-state index contributed by atoms with van der Waals surface area (Å²) in [5, 5.41) is 0. The van der Waals surface area contributed by atoms with Crippen LogP contribution in [0.5, 0.6) is 0 Å². The van der Waals surface area contributed by atoms with Crippen molar-refractivity contribution >= 4 is 23.6 Å². The van der Waals surface area contributed by atoms with Gasteiger partial charge in [-0.2, -0.15) is 13.2 Å². The SMILES string of the molecule is Cc1ccc(SCC(=O)NNC(=O)Cc2cccc(C(F)(F)F)c2)cc1. The summed E-state index contributed by atoms with van der Waals surface area (Å²) in [4.78, 5) is 24.4. The molecule has 0 fully saturated rings. The molecule has 0 saturated heterocycles. The fourth-order valence-corrected chi connectivity index (χ4v) is 2.74. The number of rotatable bonds is 5. The van der Waals surface area contributed by atoms with Crippen LogP contribution in [0.1, 0.15) is 16.7 Å². The molecule has 0 saturated carbocycles. The lowest BCUT2D eigenvalue weighted by Gasteiger charge is -2.10. The maximum absolute atomic E-state index is 12.6. The van der Waals surface area contributed by atoms with Crippen LogP contribution < -0.4 is 10.9 Å². The number of aryl methyl sites for hydroxylation is 1. The normalized spacial score (nSPS) is 11.1. The van der Waals surface area contributed by atoms with E-state index in [2.05, 4.69) is 10.9 Å². The van der Waals surface area contributed by atoms with Crippen molar-refractivity contribution in [3.8, 4) is 0 Å². The van der Waals surface area contributed by atoms with E-state index >= 15 is 0 Å². The van der Waals surface area contributed by atoms with Crippen LogP contribution in [-0.2, 0) is 22.2 Å². The number of hydrazine groups is 1. The van der Waals surface area contributed by atoms with Crippen LogP contribution >= 0.6 is 11.8 Å². The van der Waals surface area contributed by atoms with E-state index in [1.165, 1.54) is 23.9 Å². The minimum atomic E-state index is -4.46. The number of hydrogen-bond donors (Lipinski definition) is 2. The smallest absolute Gasteiger partial charge is 0.273 e. The van der Waals surface area contributed by atoms with Gasteiger partial charge in [0.15, 0.2) is 0 Å². The van der Waals surface area contributed by atoms with Crippen molar-refractivity contribution in [2.75, 3.05) is 5.75 Å². The van der Waals surface area contributed by atoms with Gasteiger partial charge in [0.2, 0.25) is 11.8 Å². The number of carbonyl (C=O) groups is 2. The number of nitrogens with one attached hydrogen (secondary N) is 2. The quantitative estimate of drug-likeness (QED) is 0.615. The van der Waals surface area contributed by atoms with Crippen LogP contribution in [0.25, 0.3) is 0 Å². The lowest BCUT2D eigenvalue weighted by molar-refractivity contribution is -0.137. The van der Waals surface area contributed by atoms with E-state index in [-0.39, 0.29) is 17.7 Å². The number of carbonyl (C=O) groups excluding carboxylic acids is 2. The first kappa shape index (κ1) is 19.8. The third-order valence-electron chi connectivity index (χ3n) is 3.35. The standard InChI is InChI=1S/C18H17F3N2O2S/c1-12-5-7-15(8-6-12)26-11-17(25)23-22-16(24)10-13-3-2-4-14(9-13)18(19,20)21/h2-9H,10-11H2,1H3,(H,22,24)(H,23,25). The Morgan fingerprint density at radius 3 is 2.31 bits per heavy atom. The number of hydrogen-bond acceptors (Lipinski definition) is 3. The van der Waals surface area contributed by atoms with Crippen LogP contribution in [0.4, 0.5) is 13.2 Å². The van der Waals surface area contributed by atoms with Crippen LogP contribution in [0, 0.1) is 6.92 Å². The van der Waals surface area contributed by atoms with Gasteiger partial charge in [0.05, 0.1) is 17.7 Å². The molecule has 2 aromatic carbocycles. The van der Waals surface area contributed by atoms with Crippen LogP contribution in [0.3, 0.4) is 0 Å². The summed E-state index contributed by atoms with van der Waals surface area (Å²) < 4.78 is 37.9. The first-order valence-electron chi connectivity index (χ1n) is 7.67. The van der Waals surface area contributed by atoms with E-state index in [9.17, 15) is 22.8 Å². The Bertz CT molecular complexity index is 777. The Morgan fingerprint density at radius 2 is 1.65 bits per heavy atom. The molecule has 2 amide bonds. The highest BCUT2D eigenvalue weighted by Gasteiger charge is 2.30. The highest BCUT2D eigenvalue weighted by Crippen LogP contribution is 2.29. The molecule has 0 aliphatic carbocycles. The summed E-state index contributed by atoms with van der Waals surface area (Å²) in [5.74, 6) is -0.904. The molecular weight excluding hydrogens is 365 g/mol. The summed E-state index contributed by atoms with van der Waals surface area (Å²) in [6.45, 7) is 1.96. The molecule has 0 spiro atoms. The number of thioether (sulfide) groups is 1. The molecule has 0 aromatic heterocycles. The van der Waals surface area contributed by atoms with Crippen molar-refractivity contribution in [2.24, 2.45) is 0 Å². The van der Waals surface area contributed by atoms with Crippen molar-refractivity contribution in [3.63, 3.8) is 0 Å². The monoisotopic (exact) mass is 382 g/mol. The third-order valence-corrected chi connectivity index (χ3v) is 4.36. The minimum Gasteiger partial charge on any atom is -0.273 e. The zero-order valence-electron chi connectivity index (χ0n) is 13.9. The van der Waals surface area contributed by atoms with Gasteiger partial charge in [0.1, 0.15) is 0 Å². The van der Waals surface area contributed by atoms with Crippen molar-refractivity contribution in [2.45, 2.75) is 24.4 Å². The Kier molecular flexibility index (Phi) is 6.68. The van der Waals surface area contributed by atoms with Crippen molar-refractivity contribution in [3.05, 3.63) is 65.2 Å². The Morgan fingerprint density at radius 1 is 1.00 bits per heavy atom. The van der Waals surface area contributed by atoms with Gasteiger partial charge in [0.25, 0.3) is 0 Å². The molecule has 2 rings (SSSR count). The average Bonchev–Trinajstić information content (AvgIpc) is 2.59. The molecule has 0 bridgehead atoms. The zero-order chi connectivity index (χ0) is 19.2. The highest BCUT2D eigenvalue weighted by atomic mass is 32.2. The second-order valence-corrected chi connectivity index (χ2v) is 6.62. The van der Waals surface area contributed by atoms with E-state index in [0.29, 0.717) is 0 Å². The Labute approximate surface area is 153 Å². The number of halogens is 3. The average molecular weight is 382 g/mol. The summed E-state index contributed by atoms with van der Waals surface area (Å²) >= 11 is 1.31. The number of benzene rings is 2. The van der Waals surface area contributed by atoms with E-state index in [1.54, 1.807) is 0 Å². The highest BCUT2D eigenvalue weighted by molar-refractivity contribution is 8.00. The lowest BCUT2D eigenvalue weighted by atomic mass is 10.1. The molecule has 138 valence electrons. The fraction of sp³-hybridized carbons (Fsp3) is 0.222. The van der Waals surface area contributed by atoms with E-state index in [0.717, 1.165) is 22.6 Å². The molecule has 0 aliphatic rings. The van der Waals surface area contributed by atoms with Gasteiger partial charge in [0, 0.05) is 4.90 Å². The van der Waals surface area contributed by atoms with Gasteiger partial charge in [-0.1, -0.05) is 35.9 Å². The van der Waals surface area contributed by atoms with Crippen molar-refractivity contribution < 1.29 is 22.8 Å². The molecule has 2 aromatic rings. The summed E-state index contributed by atoms with van der Waals surface area (Å²) in [5.41, 5.74) is 4.95. The maximum atomic E-state index is 12.6. The van der Waals surface area contributed by atoms with Gasteiger partial charge in [-0.05, 0) is 30.7 Å². The fourth-order valence-electron chi connectivity index (χ4n) is 2.05. The molecule has 4 nitrogen and oxygen atoms in total. The van der Waals surface area contributed by atoms with Gasteiger partial charge >= 0.3 is 6.18 Å². The van der Waals surface area contributed by atoms with Gasteiger partial charge in [-0.25, -0.2) is 0 Å². The molecule has 2 N–H and O–H groups in total. The molecule has 0 atom stereocenters. The largest absolute Gasteiger partial charge is 0.416 e. The topological polar surface area (TPSA) is 58.2 Å². The van der Waals surface area contributed by atoms with Gasteiger partial charge in [-0.3, -0.25) is 20.4 Å². The first-order valence-corrected chi connectivity index (χ1v) is 8.66. The van der Waals surface area contributed by atoms with Crippen LogP contribution in [-0.4, -0.2) is 17.6 Å².